The van der Waals surface area contributed by atoms with E-state index in [1.165, 1.54) is 7.05 Å². The third-order valence-corrected chi connectivity index (χ3v) is 6.15. The largest absolute Gasteiger partial charge is 0.411 e. The molecule has 1 aromatic heterocycles. The predicted octanol–water partition coefficient (Wildman–Crippen LogP) is 3.76. The molecule has 0 fully saturated rings. The van der Waals surface area contributed by atoms with Crippen molar-refractivity contribution in [2.24, 2.45) is 0 Å². The Labute approximate surface area is 171 Å². The molecule has 0 atom stereocenters. The molecule has 1 heterocycles. The summed E-state index contributed by atoms with van der Waals surface area (Å²) in [4.78, 5) is 12.4. The highest BCUT2D eigenvalue weighted by atomic mass is 35.5. The fourth-order valence-corrected chi connectivity index (χ4v) is 3.52. The van der Waals surface area contributed by atoms with Crippen molar-refractivity contribution >= 4 is 44.9 Å². The minimum Gasteiger partial charge on any atom is -0.411 e. The Hall–Kier alpha value is -2.36. The highest BCUT2D eigenvalue weighted by Crippen LogP contribution is 2.25. The summed E-state index contributed by atoms with van der Waals surface area (Å²) in [7, 11) is -1.89. The van der Waals surface area contributed by atoms with Gasteiger partial charge in [0.15, 0.2) is 5.78 Å². The van der Waals surface area contributed by atoms with Crippen molar-refractivity contribution < 1.29 is 17.6 Å². The molecule has 0 aliphatic rings. The first-order valence-corrected chi connectivity index (χ1v) is 11.2. The summed E-state index contributed by atoms with van der Waals surface area (Å²) in [5, 5.41) is 8.79. The van der Waals surface area contributed by atoms with Gasteiger partial charge in [-0.3, -0.25) is 9.10 Å². The Morgan fingerprint density at radius 2 is 1.75 bits per heavy atom. The minimum atomic E-state index is -3.35. The maximum absolute atomic E-state index is 12.4. The molecule has 28 heavy (non-hydrogen) atoms. The van der Waals surface area contributed by atoms with E-state index in [2.05, 4.69) is 10.2 Å². The van der Waals surface area contributed by atoms with Gasteiger partial charge in [0.05, 0.1) is 17.7 Å². The number of rotatable bonds is 7. The fraction of sp³-hybridized carbons (Fsp3) is 0.167. The first kappa shape index (κ1) is 20.4. The predicted molar refractivity (Wildman–Crippen MR) is 109 cm³/mol. The van der Waals surface area contributed by atoms with Gasteiger partial charge in [0.1, 0.15) is 0 Å². The SMILES string of the molecule is CN(c1ccc(C(=O)CSc2nnc(-c3ccc(Cl)cc3)o2)cc1)S(C)(=O)=O. The minimum absolute atomic E-state index is 0.115. The lowest BCUT2D eigenvalue weighted by atomic mass is 10.1. The number of carbonyl (C=O) groups is 1. The van der Waals surface area contributed by atoms with Gasteiger partial charge in [-0.05, 0) is 48.5 Å². The molecule has 2 aromatic carbocycles. The van der Waals surface area contributed by atoms with Crippen molar-refractivity contribution in [1.29, 1.82) is 0 Å². The van der Waals surface area contributed by atoms with Gasteiger partial charge in [0, 0.05) is 23.2 Å². The van der Waals surface area contributed by atoms with Crippen LogP contribution >= 0.6 is 23.4 Å². The quantitative estimate of drug-likeness (QED) is 0.410. The second-order valence-corrected chi connectivity index (χ2v) is 9.25. The number of sulfonamides is 1. The van der Waals surface area contributed by atoms with Crippen LogP contribution in [0, 0.1) is 0 Å². The molecular formula is C18H16ClN3O4S2. The molecule has 0 saturated carbocycles. The maximum Gasteiger partial charge on any atom is 0.277 e. The molecule has 146 valence electrons. The summed E-state index contributed by atoms with van der Waals surface area (Å²) < 4.78 is 29.8. The number of nitrogens with zero attached hydrogens (tertiary/aromatic N) is 3. The zero-order valence-corrected chi connectivity index (χ0v) is 17.4. The number of halogens is 1. The first-order valence-electron chi connectivity index (χ1n) is 8.03. The topological polar surface area (TPSA) is 93.4 Å². The summed E-state index contributed by atoms with van der Waals surface area (Å²) in [6.45, 7) is 0. The van der Waals surface area contributed by atoms with Crippen LogP contribution in [-0.4, -0.2) is 43.5 Å². The number of hydrogen-bond donors (Lipinski definition) is 0. The van der Waals surface area contributed by atoms with E-state index >= 15 is 0 Å². The summed E-state index contributed by atoms with van der Waals surface area (Å²) in [6.07, 6.45) is 1.12. The summed E-state index contributed by atoms with van der Waals surface area (Å²) >= 11 is 6.99. The molecule has 3 aromatic rings. The molecule has 0 spiro atoms. The van der Waals surface area contributed by atoms with Crippen LogP contribution in [0.25, 0.3) is 11.5 Å². The fourth-order valence-electron chi connectivity index (χ4n) is 2.24. The van der Waals surface area contributed by atoms with Crippen LogP contribution in [0.4, 0.5) is 5.69 Å². The van der Waals surface area contributed by atoms with Crippen molar-refractivity contribution in [1.82, 2.24) is 10.2 Å². The van der Waals surface area contributed by atoms with Crippen LogP contribution in [0.2, 0.25) is 5.02 Å². The van der Waals surface area contributed by atoms with Crippen LogP contribution in [0.5, 0.6) is 0 Å². The number of benzene rings is 2. The first-order chi connectivity index (χ1) is 13.2. The normalized spacial score (nSPS) is 11.4. The van der Waals surface area contributed by atoms with Gasteiger partial charge in [0.25, 0.3) is 5.22 Å². The molecule has 0 amide bonds. The third kappa shape index (κ3) is 4.92. The standard InChI is InChI=1S/C18H16ClN3O4S2/c1-22(28(2,24)25)15-9-5-12(6-10-15)16(23)11-27-18-21-20-17(26-18)13-3-7-14(19)8-4-13/h3-10H,11H2,1-2H3. The van der Waals surface area contributed by atoms with Crippen LogP contribution < -0.4 is 4.31 Å². The van der Waals surface area contributed by atoms with Crippen molar-refractivity contribution in [3.63, 3.8) is 0 Å². The number of aromatic nitrogens is 2. The van der Waals surface area contributed by atoms with Crippen molar-refractivity contribution in [2.75, 3.05) is 23.4 Å². The number of hydrogen-bond acceptors (Lipinski definition) is 7. The lowest BCUT2D eigenvalue weighted by molar-refractivity contribution is 0.102. The van der Waals surface area contributed by atoms with E-state index in [0.717, 1.165) is 27.9 Å². The molecule has 7 nitrogen and oxygen atoms in total. The van der Waals surface area contributed by atoms with Gasteiger partial charge in [-0.2, -0.15) is 0 Å². The van der Waals surface area contributed by atoms with Crippen molar-refractivity contribution in [3.8, 4) is 11.5 Å². The second-order valence-electron chi connectivity index (χ2n) is 5.87. The molecule has 0 N–H and O–H groups in total. The average Bonchev–Trinajstić information content (AvgIpc) is 3.14. The average molecular weight is 438 g/mol. The van der Waals surface area contributed by atoms with Crippen molar-refractivity contribution in [3.05, 3.63) is 59.1 Å². The number of ketones is 1. The zero-order chi connectivity index (χ0) is 20.3. The Morgan fingerprint density at radius 1 is 1.11 bits per heavy atom. The number of Topliss-reactive ketones (excluding diaryl/α,β-unsaturated/α-hetero) is 1. The van der Waals surface area contributed by atoms with Crippen LogP contribution in [-0.2, 0) is 10.0 Å². The molecule has 10 heteroatoms. The van der Waals surface area contributed by atoms with Gasteiger partial charge in [0.2, 0.25) is 15.9 Å². The molecule has 0 radical (unpaired) electrons. The molecule has 0 aliphatic carbocycles. The maximum atomic E-state index is 12.4. The summed E-state index contributed by atoms with van der Waals surface area (Å²) in [5.41, 5.74) is 1.69. The van der Waals surface area contributed by atoms with E-state index in [4.69, 9.17) is 16.0 Å². The van der Waals surface area contributed by atoms with Gasteiger partial charge in [-0.25, -0.2) is 8.42 Å². The summed E-state index contributed by atoms with van der Waals surface area (Å²) in [6, 6.07) is 13.3. The summed E-state index contributed by atoms with van der Waals surface area (Å²) in [5.74, 6) is 0.327. The molecular weight excluding hydrogens is 422 g/mol. The molecule has 3 rings (SSSR count). The van der Waals surface area contributed by atoms with E-state index in [1.807, 2.05) is 0 Å². The van der Waals surface area contributed by atoms with Crippen LogP contribution in [0.1, 0.15) is 10.4 Å². The van der Waals surface area contributed by atoms with Gasteiger partial charge < -0.3 is 4.42 Å². The highest BCUT2D eigenvalue weighted by Gasteiger charge is 2.15. The Bertz CT molecular complexity index is 1080. The number of carbonyl (C=O) groups excluding carboxylic acids is 1. The smallest absolute Gasteiger partial charge is 0.277 e. The molecule has 0 saturated heterocycles. The van der Waals surface area contributed by atoms with Gasteiger partial charge >= 0.3 is 0 Å². The molecule has 0 aliphatic heterocycles. The van der Waals surface area contributed by atoms with E-state index < -0.39 is 10.0 Å². The second kappa shape index (κ2) is 8.34. The van der Waals surface area contributed by atoms with E-state index in [-0.39, 0.29) is 16.8 Å². The number of thioether (sulfide) groups is 1. The van der Waals surface area contributed by atoms with E-state index in [0.29, 0.717) is 22.2 Å². The monoisotopic (exact) mass is 437 g/mol. The Kier molecular flexibility index (Phi) is 6.07. The molecule has 0 unspecified atom stereocenters. The zero-order valence-electron chi connectivity index (χ0n) is 15.0. The van der Waals surface area contributed by atoms with Gasteiger partial charge in [-0.15, -0.1) is 10.2 Å². The highest BCUT2D eigenvalue weighted by molar-refractivity contribution is 7.99. The Balaban J connectivity index is 1.62. The van der Waals surface area contributed by atoms with Crippen molar-refractivity contribution in [2.45, 2.75) is 5.22 Å². The molecule has 0 bridgehead atoms. The lowest BCUT2D eigenvalue weighted by Gasteiger charge is -2.16. The van der Waals surface area contributed by atoms with E-state index in [1.54, 1.807) is 48.5 Å². The third-order valence-electron chi connectivity index (χ3n) is 3.87. The lowest BCUT2D eigenvalue weighted by Crippen LogP contribution is -2.24. The Morgan fingerprint density at radius 3 is 2.36 bits per heavy atom. The number of anilines is 1. The van der Waals surface area contributed by atoms with Crippen LogP contribution in [0.15, 0.2) is 58.2 Å². The van der Waals surface area contributed by atoms with Crippen LogP contribution in [0.3, 0.4) is 0 Å². The van der Waals surface area contributed by atoms with Gasteiger partial charge in [-0.1, -0.05) is 23.4 Å². The van der Waals surface area contributed by atoms with E-state index in [9.17, 15) is 13.2 Å².